The largest absolute Gasteiger partial charge is 1.00 e. The van der Waals surface area contributed by atoms with Crippen molar-refractivity contribution < 1.29 is 74.2 Å². The van der Waals surface area contributed by atoms with Crippen LogP contribution in [-0.4, -0.2) is 13.0 Å². The molecular weight excluding hydrogens is 439 g/mol. The van der Waals surface area contributed by atoms with E-state index in [0.29, 0.717) is 5.75 Å². The molecule has 0 spiro atoms. The van der Waals surface area contributed by atoms with Gasteiger partial charge < -0.3 is 9.84 Å². The Morgan fingerprint density at radius 2 is 1.32 bits per heavy atom. The zero-order chi connectivity index (χ0) is 21.8. The van der Waals surface area contributed by atoms with Gasteiger partial charge in [0, 0.05) is 6.07 Å². The van der Waals surface area contributed by atoms with Gasteiger partial charge in [0.2, 0.25) is 0 Å². The van der Waals surface area contributed by atoms with Gasteiger partial charge >= 0.3 is 51.4 Å². The van der Waals surface area contributed by atoms with Crippen LogP contribution in [0.5, 0.6) is 17.2 Å². The minimum atomic E-state index is -4.57. The van der Waals surface area contributed by atoms with Crippen molar-refractivity contribution in [3.05, 3.63) is 48.0 Å². The number of hydrogen-bond acceptors (Lipinski definition) is 4. The molecule has 0 saturated carbocycles. The Labute approximate surface area is 229 Å². The van der Waals surface area contributed by atoms with Gasteiger partial charge in [-0.2, -0.15) is 8.42 Å². The third kappa shape index (κ3) is 11.3. The molecule has 0 aliphatic heterocycles. The summed E-state index contributed by atoms with van der Waals surface area (Å²) >= 11 is 0. The Morgan fingerprint density at radius 1 is 0.806 bits per heavy atom. The topological polar surface area (TPSA) is 86.7 Å². The Balaban J connectivity index is 0.00000480. The first-order chi connectivity index (χ1) is 14.4. The second-order valence-corrected chi connectivity index (χ2v) is 9.15. The number of rotatable bonds is 14. The van der Waals surface area contributed by atoms with Gasteiger partial charge in [-0.15, -0.1) is 0 Å². The third-order valence-corrected chi connectivity index (χ3v) is 6.05. The molecule has 0 atom stereocenters. The minimum Gasteiger partial charge on any atom is -0.872 e. The van der Waals surface area contributed by atoms with E-state index in [9.17, 15) is 13.5 Å². The number of unbranched alkanes of at least 4 members (excludes halogenated alkanes) is 9. The summed E-state index contributed by atoms with van der Waals surface area (Å²) in [7, 11) is -4.57. The van der Waals surface area contributed by atoms with Crippen molar-refractivity contribution in [2.45, 2.75) is 82.4 Å². The van der Waals surface area contributed by atoms with Gasteiger partial charge in [0.1, 0.15) is 11.5 Å². The fourth-order valence-corrected chi connectivity index (χ4v) is 4.02. The molecule has 0 saturated heterocycles. The van der Waals surface area contributed by atoms with Gasteiger partial charge in [0.15, 0.2) is 0 Å². The van der Waals surface area contributed by atoms with Crippen LogP contribution in [0.3, 0.4) is 0 Å². The van der Waals surface area contributed by atoms with E-state index in [1.807, 2.05) is 24.3 Å². The summed E-state index contributed by atoms with van der Waals surface area (Å²) in [5.41, 5.74) is 1.23. The first kappa shape index (κ1) is 28.6. The monoisotopic (exact) mass is 472 g/mol. The maximum Gasteiger partial charge on any atom is 1.00 e. The first-order valence-corrected chi connectivity index (χ1v) is 12.4. The van der Waals surface area contributed by atoms with Crippen molar-refractivity contribution in [2.75, 3.05) is 0 Å². The molecule has 0 bridgehead atoms. The summed E-state index contributed by atoms with van der Waals surface area (Å²) in [5, 5.41) is 11.6. The normalized spacial score (nSPS) is 11.2. The van der Waals surface area contributed by atoms with E-state index in [2.05, 4.69) is 6.92 Å². The SMILES string of the molecule is CCCCCCCCCCCCc1ccc(Oc2ccc([O-])c(S(=O)(=O)O)c2)cc1.[K+]. The van der Waals surface area contributed by atoms with E-state index < -0.39 is 20.8 Å². The summed E-state index contributed by atoms with van der Waals surface area (Å²) in [6.07, 6.45) is 14.2. The Hall–Kier alpha value is -0.414. The molecule has 2 aromatic rings. The van der Waals surface area contributed by atoms with Crippen LogP contribution in [-0.2, 0) is 16.5 Å². The molecule has 0 heterocycles. The minimum absolute atomic E-state index is 0. The maximum atomic E-state index is 11.6. The van der Waals surface area contributed by atoms with E-state index >= 15 is 0 Å². The summed E-state index contributed by atoms with van der Waals surface area (Å²) in [6, 6.07) is 11.1. The zero-order valence-corrected chi connectivity index (χ0v) is 22.7. The standard InChI is InChI=1S/C24H34O5S.K/c1-2-3-4-5-6-7-8-9-10-11-12-20-13-15-21(16-14-20)29-22-17-18-23(25)24(19-22)30(26,27)28;/h13-19,25H,2-12H2,1H3,(H,26,27,28);/q;+1/p-1. The van der Waals surface area contributed by atoms with Gasteiger partial charge in [-0.1, -0.05) is 88.7 Å². The first-order valence-electron chi connectivity index (χ1n) is 11.0. The van der Waals surface area contributed by atoms with Crippen LogP contribution in [0.1, 0.15) is 76.7 Å². The van der Waals surface area contributed by atoms with Crippen molar-refractivity contribution in [1.82, 2.24) is 0 Å². The second-order valence-electron chi connectivity index (χ2n) is 7.76. The van der Waals surface area contributed by atoms with Gasteiger partial charge in [-0.3, -0.25) is 4.55 Å². The Morgan fingerprint density at radius 3 is 1.87 bits per heavy atom. The Bertz CT molecular complexity index is 866. The fraction of sp³-hybridized carbons (Fsp3) is 0.500. The van der Waals surface area contributed by atoms with Gasteiger partial charge in [0.25, 0.3) is 10.1 Å². The zero-order valence-electron chi connectivity index (χ0n) is 18.8. The van der Waals surface area contributed by atoms with Crippen molar-refractivity contribution in [1.29, 1.82) is 0 Å². The van der Waals surface area contributed by atoms with Crippen molar-refractivity contribution in [3.63, 3.8) is 0 Å². The number of aryl methyl sites for hydroxylation is 1. The van der Waals surface area contributed by atoms with Crippen molar-refractivity contribution in [2.24, 2.45) is 0 Å². The van der Waals surface area contributed by atoms with E-state index in [1.165, 1.54) is 75.8 Å². The quantitative estimate of drug-likeness (QED) is 0.259. The van der Waals surface area contributed by atoms with Gasteiger partial charge in [-0.25, -0.2) is 0 Å². The molecular formula is C24H33KO5S. The summed E-state index contributed by atoms with van der Waals surface area (Å²) in [4.78, 5) is -0.683. The van der Waals surface area contributed by atoms with E-state index in [-0.39, 0.29) is 57.1 Å². The summed E-state index contributed by atoms with van der Waals surface area (Å²) in [6.45, 7) is 2.25. The molecule has 0 unspecified atom stereocenters. The molecule has 0 fully saturated rings. The molecule has 0 amide bonds. The van der Waals surface area contributed by atoms with Crippen molar-refractivity contribution in [3.8, 4) is 17.2 Å². The molecule has 5 nitrogen and oxygen atoms in total. The van der Waals surface area contributed by atoms with Crippen LogP contribution in [0.25, 0.3) is 0 Å². The fourth-order valence-electron chi connectivity index (χ4n) is 3.43. The van der Waals surface area contributed by atoms with Crippen LogP contribution in [0.15, 0.2) is 47.4 Å². The number of ether oxygens (including phenoxy) is 1. The smallest absolute Gasteiger partial charge is 0.872 e. The molecule has 1 N–H and O–H groups in total. The van der Waals surface area contributed by atoms with Crippen LogP contribution < -0.4 is 61.2 Å². The molecule has 0 aliphatic rings. The van der Waals surface area contributed by atoms with Crippen LogP contribution >= 0.6 is 0 Å². The molecule has 7 heteroatoms. The van der Waals surface area contributed by atoms with E-state index in [4.69, 9.17) is 9.29 Å². The van der Waals surface area contributed by atoms with Gasteiger partial charge in [0.05, 0.1) is 4.90 Å². The van der Waals surface area contributed by atoms with Crippen LogP contribution in [0, 0.1) is 0 Å². The van der Waals surface area contributed by atoms with Crippen molar-refractivity contribution >= 4 is 10.1 Å². The van der Waals surface area contributed by atoms with Gasteiger partial charge in [-0.05, 0) is 36.6 Å². The Kier molecular flexibility index (Phi) is 14.2. The van der Waals surface area contributed by atoms with E-state index in [0.717, 1.165) is 18.6 Å². The molecule has 0 aliphatic carbocycles. The summed E-state index contributed by atoms with van der Waals surface area (Å²) < 4.78 is 37.2. The molecule has 0 radical (unpaired) electrons. The molecule has 166 valence electrons. The number of benzene rings is 2. The second kappa shape index (κ2) is 15.4. The maximum absolute atomic E-state index is 11.6. The third-order valence-electron chi connectivity index (χ3n) is 5.17. The van der Waals surface area contributed by atoms with Crippen LogP contribution in [0.4, 0.5) is 0 Å². The van der Waals surface area contributed by atoms with Crippen LogP contribution in [0.2, 0.25) is 0 Å². The summed E-state index contributed by atoms with van der Waals surface area (Å²) in [5.74, 6) is -0.0388. The van der Waals surface area contributed by atoms with E-state index in [1.54, 1.807) is 0 Å². The predicted molar refractivity (Wildman–Crippen MR) is 118 cm³/mol. The number of hydrogen-bond donors (Lipinski definition) is 1. The molecule has 31 heavy (non-hydrogen) atoms. The molecule has 2 rings (SSSR count). The average Bonchev–Trinajstić information content (AvgIpc) is 2.71. The molecule has 0 aromatic heterocycles. The average molecular weight is 473 g/mol. The predicted octanol–water partition coefficient (Wildman–Crippen LogP) is 3.27. The molecule has 2 aromatic carbocycles.